The molecule has 6 heteroatoms. The second-order valence-corrected chi connectivity index (χ2v) is 5.58. The Morgan fingerprint density at radius 2 is 2.05 bits per heavy atom. The van der Waals surface area contributed by atoms with Crippen LogP contribution < -0.4 is 0 Å². The number of aliphatic hydroxyl groups is 1. The first-order valence-electron chi connectivity index (χ1n) is 6.75. The summed E-state index contributed by atoms with van der Waals surface area (Å²) in [6.07, 6.45) is 4.03. The van der Waals surface area contributed by atoms with E-state index in [-0.39, 0.29) is 18.4 Å². The summed E-state index contributed by atoms with van der Waals surface area (Å²) < 4.78 is 5.81. The molecule has 0 heterocycles. The average molecular weight is 300 g/mol. The Balaban J connectivity index is 1.87. The molecule has 1 N–H and O–H groups in total. The fraction of sp³-hybridized carbons (Fsp3) is 0.571. The summed E-state index contributed by atoms with van der Waals surface area (Å²) in [6.45, 7) is 0.617. The Kier molecular flexibility index (Phi) is 5.34. The lowest BCUT2D eigenvalue weighted by molar-refractivity contribution is -0.384. The first-order chi connectivity index (χ1) is 9.60. The van der Waals surface area contributed by atoms with Gasteiger partial charge in [-0.15, -0.1) is 0 Å². The lowest BCUT2D eigenvalue weighted by Gasteiger charge is -2.27. The number of hydrogen-bond acceptors (Lipinski definition) is 4. The molecule has 0 atom stereocenters. The van der Waals surface area contributed by atoms with Gasteiger partial charge in [0.05, 0.1) is 22.7 Å². The molecule has 1 aliphatic carbocycles. The first kappa shape index (κ1) is 15.2. The zero-order chi connectivity index (χ0) is 14.5. The number of rotatable bonds is 5. The van der Waals surface area contributed by atoms with Crippen LogP contribution in [0.25, 0.3) is 0 Å². The van der Waals surface area contributed by atoms with Gasteiger partial charge in [0.1, 0.15) is 0 Å². The predicted molar refractivity (Wildman–Crippen MR) is 75.7 cm³/mol. The highest BCUT2D eigenvalue weighted by Crippen LogP contribution is 2.28. The summed E-state index contributed by atoms with van der Waals surface area (Å²) in [4.78, 5) is 10.2. The van der Waals surface area contributed by atoms with Gasteiger partial charge >= 0.3 is 0 Å². The summed E-state index contributed by atoms with van der Waals surface area (Å²) in [6, 6.07) is 4.43. The molecule has 0 spiro atoms. The maximum Gasteiger partial charge on any atom is 0.270 e. The highest BCUT2D eigenvalue weighted by molar-refractivity contribution is 6.31. The van der Waals surface area contributed by atoms with Crippen molar-refractivity contribution in [1.82, 2.24) is 0 Å². The molecule has 0 bridgehead atoms. The minimum atomic E-state index is -0.466. The van der Waals surface area contributed by atoms with Gasteiger partial charge in [-0.3, -0.25) is 10.1 Å². The molecule has 0 aliphatic heterocycles. The molecule has 110 valence electrons. The van der Waals surface area contributed by atoms with E-state index in [4.69, 9.17) is 21.4 Å². The zero-order valence-corrected chi connectivity index (χ0v) is 11.9. The normalized spacial score (nSPS) is 22.7. The van der Waals surface area contributed by atoms with Gasteiger partial charge in [0.15, 0.2) is 0 Å². The average Bonchev–Trinajstić information content (AvgIpc) is 2.46. The van der Waals surface area contributed by atoms with Gasteiger partial charge in [-0.25, -0.2) is 0 Å². The number of nitro groups is 1. The smallest absolute Gasteiger partial charge is 0.270 e. The van der Waals surface area contributed by atoms with E-state index in [0.717, 1.165) is 31.2 Å². The highest BCUT2D eigenvalue weighted by Gasteiger charge is 2.21. The minimum absolute atomic E-state index is 0.0118. The number of nitrogens with zero attached hydrogens (tertiary/aromatic N) is 1. The monoisotopic (exact) mass is 299 g/mol. The fourth-order valence-corrected chi connectivity index (χ4v) is 2.68. The molecule has 0 radical (unpaired) electrons. The number of halogens is 1. The standard InChI is InChI=1S/C14H18ClNO4/c15-14-7-12(16(18)19)4-3-11(14)9-20-13-5-1-10(8-17)2-6-13/h3-4,7,10,13,17H,1-2,5-6,8-9H2. The lowest BCUT2D eigenvalue weighted by atomic mass is 9.88. The third kappa shape index (κ3) is 3.91. The van der Waals surface area contributed by atoms with Crippen LogP contribution in [-0.4, -0.2) is 22.7 Å². The van der Waals surface area contributed by atoms with Crippen LogP contribution in [-0.2, 0) is 11.3 Å². The van der Waals surface area contributed by atoms with Crippen molar-refractivity contribution in [2.45, 2.75) is 38.4 Å². The zero-order valence-electron chi connectivity index (χ0n) is 11.1. The second-order valence-electron chi connectivity index (χ2n) is 5.17. The number of ether oxygens (including phenoxy) is 1. The third-order valence-corrected chi connectivity index (χ3v) is 4.13. The number of benzene rings is 1. The van der Waals surface area contributed by atoms with Gasteiger partial charge in [0.2, 0.25) is 0 Å². The summed E-state index contributed by atoms with van der Waals surface area (Å²) in [7, 11) is 0. The van der Waals surface area contributed by atoms with Gasteiger partial charge in [0, 0.05) is 18.7 Å². The largest absolute Gasteiger partial charge is 0.396 e. The quantitative estimate of drug-likeness (QED) is 0.668. The van der Waals surface area contributed by atoms with Crippen LogP contribution in [0.15, 0.2) is 18.2 Å². The van der Waals surface area contributed by atoms with Crippen molar-refractivity contribution in [2.24, 2.45) is 5.92 Å². The number of non-ortho nitro benzene ring substituents is 1. The summed E-state index contributed by atoms with van der Waals surface area (Å²) in [5.74, 6) is 0.401. The van der Waals surface area contributed by atoms with E-state index in [9.17, 15) is 10.1 Å². The van der Waals surface area contributed by atoms with E-state index in [2.05, 4.69) is 0 Å². The molecule has 1 aromatic carbocycles. The van der Waals surface area contributed by atoms with Crippen molar-refractivity contribution in [2.75, 3.05) is 6.61 Å². The van der Waals surface area contributed by atoms with Crippen LogP contribution in [0.5, 0.6) is 0 Å². The Bertz CT molecular complexity index is 472. The van der Waals surface area contributed by atoms with E-state index in [0.29, 0.717) is 17.5 Å². The summed E-state index contributed by atoms with van der Waals surface area (Å²) >= 11 is 6.02. The maximum absolute atomic E-state index is 10.6. The molecule has 1 aliphatic rings. The molecule has 1 saturated carbocycles. The first-order valence-corrected chi connectivity index (χ1v) is 7.13. The molecule has 1 fully saturated rings. The summed E-state index contributed by atoms with van der Waals surface area (Å²) in [5, 5.41) is 20.1. The molecular formula is C14H18ClNO4. The van der Waals surface area contributed by atoms with Crippen LogP contribution in [0.3, 0.4) is 0 Å². The summed E-state index contributed by atoms with van der Waals surface area (Å²) in [5.41, 5.74) is 0.753. The van der Waals surface area contributed by atoms with Crippen LogP contribution in [0.1, 0.15) is 31.2 Å². The second kappa shape index (κ2) is 7.02. The molecule has 0 aromatic heterocycles. The molecule has 2 rings (SSSR count). The van der Waals surface area contributed by atoms with E-state index in [1.165, 1.54) is 12.1 Å². The van der Waals surface area contributed by atoms with Gasteiger partial charge in [-0.2, -0.15) is 0 Å². The van der Waals surface area contributed by atoms with Crippen molar-refractivity contribution >= 4 is 17.3 Å². The third-order valence-electron chi connectivity index (χ3n) is 3.77. The lowest BCUT2D eigenvalue weighted by Crippen LogP contribution is -2.23. The van der Waals surface area contributed by atoms with E-state index < -0.39 is 4.92 Å². The van der Waals surface area contributed by atoms with E-state index in [1.54, 1.807) is 6.07 Å². The maximum atomic E-state index is 10.6. The SMILES string of the molecule is O=[N+]([O-])c1ccc(COC2CCC(CO)CC2)c(Cl)c1. The van der Waals surface area contributed by atoms with E-state index in [1.807, 2.05) is 0 Å². The minimum Gasteiger partial charge on any atom is -0.396 e. The van der Waals surface area contributed by atoms with Crippen molar-refractivity contribution in [3.63, 3.8) is 0 Å². The van der Waals surface area contributed by atoms with Crippen molar-refractivity contribution in [1.29, 1.82) is 0 Å². The molecule has 5 nitrogen and oxygen atoms in total. The molecule has 20 heavy (non-hydrogen) atoms. The Morgan fingerprint density at radius 1 is 1.35 bits per heavy atom. The van der Waals surface area contributed by atoms with Gasteiger partial charge in [-0.05, 0) is 43.2 Å². The molecule has 1 aromatic rings. The number of hydrogen-bond donors (Lipinski definition) is 1. The van der Waals surface area contributed by atoms with Crippen LogP contribution in [0.2, 0.25) is 5.02 Å². The molecule has 0 saturated heterocycles. The van der Waals surface area contributed by atoms with Crippen molar-refractivity contribution in [3.05, 3.63) is 38.9 Å². The van der Waals surface area contributed by atoms with Crippen molar-refractivity contribution < 1.29 is 14.8 Å². The molecule has 0 unspecified atom stereocenters. The van der Waals surface area contributed by atoms with Gasteiger partial charge < -0.3 is 9.84 Å². The molecule has 0 amide bonds. The Labute approximate surface area is 122 Å². The Hall–Kier alpha value is -1.17. The van der Waals surface area contributed by atoms with Gasteiger partial charge in [0.25, 0.3) is 5.69 Å². The molecular weight excluding hydrogens is 282 g/mol. The fourth-order valence-electron chi connectivity index (χ4n) is 2.46. The van der Waals surface area contributed by atoms with Crippen LogP contribution >= 0.6 is 11.6 Å². The van der Waals surface area contributed by atoms with Gasteiger partial charge in [-0.1, -0.05) is 11.6 Å². The van der Waals surface area contributed by atoms with Crippen LogP contribution in [0, 0.1) is 16.0 Å². The van der Waals surface area contributed by atoms with E-state index >= 15 is 0 Å². The predicted octanol–water partition coefficient (Wildman–Crippen LogP) is 3.32. The number of aliphatic hydroxyl groups excluding tert-OH is 1. The topological polar surface area (TPSA) is 72.6 Å². The van der Waals surface area contributed by atoms with Crippen LogP contribution in [0.4, 0.5) is 5.69 Å². The highest BCUT2D eigenvalue weighted by atomic mass is 35.5. The van der Waals surface area contributed by atoms with Crippen molar-refractivity contribution in [3.8, 4) is 0 Å². The number of nitro benzene ring substituents is 1. The Morgan fingerprint density at radius 3 is 2.60 bits per heavy atom.